The van der Waals surface area contributed by atoms with Crippen molar-refractivity contribution >= 4 is 0 Å². The highest BCUT2D eigenvalue weighted by Crippen LogP contribution is 2.35. The maximum atomic E-state index is 9.60. The Morgan fingerprint density at radius 3 is 2.00 bits per heavy atom. The van der Waals surface area contributed by atoms with Crippen LogP contribution >= 0.6 is 0 Å². The maximum absolute atomic E-state index is 9.60. The lowest BCUT2D eigenvalue weighted by Gasteiger charge is -2.05. The summed E-state index contributed by atoms with van der Waals surface area (Å²) < 4.78 is 0. The highest BCUT2D eigenvalue weighted by atomic mass is 16.3. The molecule has 0 heterocycles. The molecule has 84 valence electrons. The molecule has 0 radical (unpaired) electrons. The SMILES string of the molecule is CC.Oc1cccc(-c2ccccc2)c1O. The van der Waals surface area contributed by atoms with Crippen molar-refractivity contribution in [2.24, 2.45) is 0 Å². The van der Waals surface area contributed by atoms with Crippen LogP contribution in [0.3, 0.4) is 0 Å². The fourth-order valence-electron chi connectivity index (χ4n) is 1.38. The molecular formula is C14H16O2. The first-order valence-corrected chi connectivity index (χ1v) is 5.35. The molecule has 2 aromatic carbocycles. The lowest BCUT2D eigenvalue weighted by atomic mass is 10.0. The molecule has 2 rings (SSSR count). The van der Waals surface area contributed by atoms with Crippen molar-refractivity contribution in [3.8, 4) is 22.6 Å². The van der Waals surface area contributed by atoms with E-state index in [-0.39, 0.29) is 11.5 Å². The van der Waals surface area contributed by atoms with E-state index in [2.05, 4.69) is 0 Å². The van der Waals surface area contributed by atoms with E-state index in [9.17, 15) is 10.2 Å². The maximum Gasteiger partial charge on any atom is 0.165 e. The Morgan fingerprint density at radius 2 is 1.38 bits per heavy atom. The Balaban J connectivity index is 0.000000606. The Bertz CT molecular complexity index is 436. The van der Waals surface area contributed by atoms with Crippen molar-refractivity contribution in [1.82, 2.24) is 0 Å². The Hall–Kier alpha value is -1.96. The van der Waals surface area contributed by atoms with Gasteiger partial charge in [0.2, 0.25) is 0 Å². The molecule has 16 heavy (non-hydrogen) atoms. The third-order valence-corrected chi connectivity index (χ3v) is 2.10. The molecular weight excluding hydrogens is 200 g/mol. The molecule has 0 fully saturated rings. The summed E-state index contributed by atoms with van der Waals surface area (Å²) in [6.45, 7) is 4.00. The van der Waals surface area contributed by atoms with Gasteiger partial charge < -0.3 is 10.2 Å². The minimum atomic E-state index is -0.0913. The highest BCUT2D eigenvalue weighted by molar-refractivity contribution is 5.72. The van der Waals surface area contributed by atoms with Gasteiger partial charge in [0.15, 0.2) is 11.5 Å². The van der Waals surface area contributed by atoms with Crippen LogP contribution in [0.1, 0.15) is 13.8 Å². The summed E-state index contributed by atoms with van der Waals surface area (Å²) in [5.41, 5.74) is 1.53. The molecule has 2 heteroatoms. The van der Waals surface area contributed by atoms with E-state index in [1.165, 1.54) is 6.07 Å². The van der Waals surface area contributed by atoms with E-state index in [1.54, 1.807) is 12.1 Å². The molecule has 0 aliphatic rings. The Labute approximate surface area is 95.8 Å². The van der Waals surface area contributed by atoms with Gasteiger partial charge in [-0.2, -0.15) is 0 Å². The molecule has 0 aliphatic carbocycles. The molecule has 2 aromatic rings. The summed E-state index contributed by atoms with van der Waals surface area (Å²) >= 11 is 0. The van der Waals surface area contributed by atoms with Crippen LogP contribution in [0.2, 0.25) is 0 Å². The van der Waals surface area contributed by atoms with Crippen molar-refractivity contribution in [3.63, 3.8) is 0 Å². The number of hydrogen-bond donors (Lipinski definition) is 2. The quantitative estimate of drug-likeness (QED) is 0.712. The van der Waals surface area contributed by atoms with E-state index < -0.39 is 0 Å². The first-order chi connectivity index (χ1) is 7.79. The van der Waals surface area contributed by atoms with Gasteiger partial charge in [-0.25, -0.2) is 0 Å². The first-order valence-electron chi connectivity index (χ1n) is 5.35. The van der Waals surface area contributed by atoms with Gasteiger partial charge in [-0.05, 0) is 11.6 Å². The smallest absolute Gasteiger partial charge is 0.165 e. The molecule has 2 nitrogen and oxygen atoms in total. The normalized spacial score (nSPS) is 9.12. The zero-order valence-electron chi connectivity index (χ0n) is 9.51. The minimum Gasteiger partial charge on any atom is -0.504 e. The predicted octanol–water partition coefficient (Wildman–Crippen LogP) is 3.79. The van der Waals surface area contributed by atoms with Crippen LogP contribution in [0.5, 0.6) is 11.5 Å². The first kappa shape index (κ1) is 12.1. The highest BCUT2D eigenvalue weighted by Gasteiger charge is 2.06. The number of phenols is 2. The molecule has 0 saturated heterocycles. The lowest BCUT2D eigenvalue weighted by molar-refractivity contribution is 0.405. The Kier molecular flexibility index (Phi) is 4.40. The van der Waals surface area contributed by atoms with Gasteiger partial charge in [-0.15, -0.1) is 0 Å². The number of hydrogen-bond acceptors (Lipinski definition) is 2. The second kappa shape index (κ2) is 5.81. The van der Waals surface area contributed by atoms with Gasteiger partial charge in [-0.1, -0.05) is 56.3 Å². The van der Waals surface area contributed by atoms with Gasteiger partial charge in [0.05, 0.1) is 0 Å². The third kappa shape index (κ3) is 2.54. The topological polar surface area (TPSA) is 40.5 Å². The van der Waals surface area contributed by atoms with Crippen LogP contribution in [0.15, 0.2) is 48.5 Å². The second-order valence-corrected chi connectivity index (χ2v) is 3.04. The van der Waals surface area contributed by atoms with Crippen LogP contribution in [0.25, 0.3) is 11.1 Å². The van der Waals surface area contributed by atoms with Gasteiger partial charge >= 0.3 is 0 Å². The lowest BCUT2D eigenvalue weighted by Crippen LogP contribution is -1.78. The minimum absolute atomic E-state index is 0.0706. The van der Waals surface area contributed by atoms with Gasteiger partial charge in [0.25, 0.3) is 0 Å². The number of aromatic hydroxyl groups is 2. The monoisotopic (exact) mass is 216 g/mol. The van der Waals surface area contributed by atoms with Crippen LogP contribution in [-0.4, -0.2) is 10.2 Å². The second-order valence-electron chi connectivity index (χ2n) is 3.04. The molecule has 0 atom stereocenters. The van der Waals surface area contributed by atoms with E-state index in [0.717, 1.165) is 5.56 Å². The molecule has 2 N–H and O–H groups in total. The summed E-state index contributed by atoms with van der Waals surface area (Å²) in [5.74, 6) is -0.162. The molecule has 0 aliphatic heterocycles. The van der Waals surface area contributed by atoms with Crippen LogP contribution < -0.4 is 0 Å². The molecule has 0 aromatic heterocycles. The molecule has 0 saturated carbocycles. The number of phenolic OH excluding ortho intramolecular Hbond substituents is 2. The summed E-state index contributed by atoms with van der Waals surface area (Å²) in [7, 11) is 0. The zero-order valence-corrected chi connectivity index (χ0v) is 9.51. The van der Waals surface area contributed by atoms with E-state index >= 15 is 0 Å². The van der Waals surface area contributed by atoms with Crippen molar-refractivity contribution in [2.45, 2.75) is 13.8 Å². The van der Waals surface area contributed by atoms with Gasteiger partial charge in [0.1, 0.15) is 0 Å². The zero-order chi connectivity index (χ0) is 12.0. The number of benzene rings is 2. The van der Waals surface area contributed by atoms with Crippen molar-refractivity contribution in [3.05, 3.63) is 48.5 Å². The molecule has 0 spiro atoms. The standard InChI is InChI=1S/C12H10O2.C2H6/c13-11-8-4-7-10(12(11)14)9-5-2-1-3-6-9;1-2/h1-8,13-14H;1-2H3. The number of rotatable bonds is 1. The average molecular weight is 216 g/mol. The summed E-state index contributed by atoms with van der Waals surface area (Å²) in [6.07, 6.45) is 0. The van der Waals surface area contributed by atoms with Gasteiger partial charge in [0, 0.05) is 5.56 Å². The van der Waals surface area contributed by atoms with Gasteiger partial charge in [-0.3, -0.25) is 0 Å². The molecule has 0 amide bonds. The largest absolute Gasteiger partial charge is 0.504 e. The molecule has 0 unspecified atom stereocenters. The summed E-state index contributed by atoms with van der Waals surface area (Å²) in [4.78, 5) is 0. The summed E-state index contributed by atoms with van der Waals surface area (Å²) in [5, 5.41) is 18.9. The number of para-hydroxylation sites is 1. The van der Waals surface area contributed by atoms with E-state index in [1.807, 2.05) is 44.2 Å². The van der Waals surface area contributed by atoms with Crippen molar-refractivity contribution in [2.75, 3.05) is 0 Å². The Morgan fingerprint density at radius 1 is 0.750 bits per heavy atom. The fraction of sp³-hybridized carbons (Fsp3) is 0.143. The van der Waals surface area contributed by atoms with Crippen LogP contribution in [-0.2, 0) is 0 Å². The van der Waals surface area contributed by atoms with Crippen molar-refractivity contribution in [1.29, 1.82) is 0 Å². The van der Waals surface area contributed by atoms with E-state index in [4.69, 9.17) is 0 Å². The van der Waals surface area contributed by atoms with Crippen LogP contribution in [0.4, 0.5) is 0 Å². The molecule has 0 bridgehead atoms. The van der Waals surface area contributed by atoms with Crippen LogP contribution in [0, 0.1) is 0 Å². The van der Waals surface area contributed by atoms with Crippen molar-refractivity contribution < 1.29 is 10.2 Å². The predicted molar refractivity (Wildman–Crippen MR) is 66.6 cm³/mol. The fourth-order valence-corrected chi connectivity index (χ4v) is 1.38. The average Bonchev–Trinajstić information content (AvgIpc) is 2.36. The van der Waals surface area contributed by atoms with E-state index in [0.29, 0.717) is 5.56 Å². The third-order valence-electron chi connectivity index (χ3n) is 2.10. The summed E-state index contributed by atoms with van der Waals surface area (Å²) in [6, 6.07) is 14.4.